The largest absolute Gasteiger partial charge is 0.861 e. The van der Waals surface area contributed by atoms with Crippen LogP contribution < -0.4 is 20.4 Å². The number of nitrogens with zero attached hydrogens (tertiary/aromatic N) is 4. The molecule has 1 heterocycles. The lowest BCUT2D eigenvalue weighted by atomic mass is 9.83. The maximum Gasteiger partial charge on any atom is 0.416 e. The van der Waals surface area contributed by atoms with Crippen LogP contribution in [0.25, 0.3) is 0 Å². The Labute approximate surface area is 242 Å². The summed E-state index contributed by atoms with van der Waals surface area (Å²) in [4.78, 5) is 18.9. The average molecular weight is 585 g/mol. The Morgan fingerprint density at radius 3 is 2.62 bits per heavy atom. The molecule has 1 atom stereocenters. The molecule has 0 saturated heterocycles. The number of aryl methyl sites for hydroxylation is 1. The second-order valence-corrected chi connectivity index (χ2v) is 11.4. The molecule has 0 aliphatic heterocycles. The number of aliphatic imine (C=N–C) groups is 1. The predicted octanol–water partition coefficient (Wildman–Crippen LogP) is 5.43. The molecule has 2 aromatic carbocycles. The summed E-state index contributed by atoms with van der Waals surface area (Å²) in [5.41, 5.74) is 0.526. The Bertz CT molecular complexity index is 1430. The van der Waals surface area contributed by atoms with Crippen molar-refractivity contribution in [2.45, 2.75) is 63.1 Å². The van der Waals surface area contributed by atoms with Gasteiger partial charge in [0.15, 0.2) is 6.04 Å². The molecule has 3 aromatic rings. The summed E-state index contributed by atoms with van der Waals surface area (Å²) in [5.74, 6) is -0.347. The van der Waals surface area contributed by atoms with E-state index in [1.54, 1.807) is 10.9 Å². The first-order valence-electron chi connectivity index (χ1n) is 14.2. The van der Waals surface area contributed by atoms with Gasteiger partial charge in [-0.05, 0) is 92.0 Å². The number of nitrogens with one attached hydrogen (secondary N) is 2. The molecule has 0 radical (unpaired) electrons. The number of amides is 2. The molecule has 2 N–H and O–H groups in total. The molecule has 0 bridgehead atoms. The lowest BCUT2D eigenvalue weighted by molar-refractivity contribution is -0.787. The van der Waals surface area contributed by atoms with Crippen LogP contribution in [0, 0.1) is 5.92 Å². The number of rotatable bonds is 7. The highest BCUT2D eigenvalue weighted by Gasteiger charge is 2.33. The van der Waals surface area contributed by atoms with Crippen molar-refractivity contribution in [3.8, 4) is 0 Å². The fourth-order valence-electron chi connectivity index (χ4n) is 6.00. The molecule has 1 fully saturated rings. The van der Waals surface area contributed by atoms with Gasteiger partial charge in [0.1, 0.15) is 0 Å². The van der Waals surface area contributed by atoms with Crippen LogP contribution in [-0.4, -0.2) is 42.7 Å². The molecule has 2 aliphatic carbocycles. The molecule has 42 heavy (non-hydrogen) atoms. The maximum atomic E-state index is 13.7. The van der Waals surface area contributed by atoms with Gasteiger partial charge in [-0.1, -0.05) is 24.3 Å². The Hall–Kier alpha value is -3.93. The van der Waals surface area contributed by atoms with Gasteiger partial charge in [-0.2, -0.15) is 13.2 Å². The molecule has 2 aliphatic rings. The van der Waals surface area contributed by atoms with E-state index in [2.05, 4.69) is 39.9 Å². The number of fused-ring (bicyclic) bond motifs is 1. The summed E-state index contributed by atoms with van der Waals surface area (Å²) >= 11 is 0. The Morgan fingerprint density at radius 2 is 1.88 bits per heavy atom. The lowest BCUT2D eigenvalue weighted by Crippen LogP contribution is -2.43. The number of anilines is 2. The third kappa shape index (κ3) is 7.28. The minimum absolute atomic E-state index is 0.0611. The number of carbonyl (C=O) groups is 1. The molecule has 224 valence electrons. The van der Waals surface area contributed by atoms with Gasteiger partial charge >= 0.3 is 18.1 Å². The van der Waals surface area contributed by atoms with E-state index >= 15 is 0 Å². The van der Waals surface area contributed by atoms with E-state index in [0.717, 1.165) is 68.3 Å². The van der Waals surface area contributed by atoms with Gasteiger partial charge in [0.25, 0.3) is 6.20 Å². The molecular formula is C30H35F3N6O3. The van der Waals surface area contributed by atoms with Crippen LogP contribution in [-0.2, 0) is 12.6 Å². The minimum atomic E-state index is -4.71. The molecular weight excluding hydrogens is 549 g/mol. The molecule has 1 aromatic heterocycles. The number of halogens is 3. The first kappa shape index (κ1) is 29.6. The highest BCUT2D eigenvalue weighted by molar-refractivity contribution is 5.99. The summed E-state index contributed by atoms with van der Waals surface area (Å²) < 4.78 is 48.0. The van der Waals surface area contributed by atoms with E-state index in [4.69, 9.17) is 4.52 Å². The van der Waals surface area contributed by atoms with Gasteiger partial charge in [0.05, 0.1) is 11.3 Å². The van der Waals surface area contributed by atoms with Gasteiger partial charge in [-0.3, -0.25) is 14.8 Å². The quantitative estimate of drug-likeness (QED) is 0.219. The number of hydrogen-bond acceptors (Lipinski definition) is 6. The summed E-state index contributed by atoms with van der Waals surface area (Å²) in [7, 11) is 4.12. The Kier molecular flexibility index (Phi) is 8.81. The van der Waals surface area contributed by atoms with Crippen LogP contribution in [0.4, 0.5) is 35.2 Å². The van der Waals surface area contributed by atoms with E-state index < -0.39 is 29.6 Å². The number of carbonyl (C=O) groups excluding carboxylic acids is 1. The molecule has 12 heteroatoms. The molecule has 1 unspecified atom stereocenters. The second-order valence-electron chi connectivity index (χ2n) is 11.4. The smallest absolute Gasteiger partial charge is 0.416 e. The lowest BCUT2D eigenvalue weighted by Gasteiger charge is -2.29. The number of aromatic nitrogens is 2. The summed E-state index contributed by atoms with van der Waals surface area (Å²) in [6.07, 6.45) is 3.06. The van der Waals surface area contributed by atoms with Crippen LogP contribution in [0.5, 0.6) is 0 Å². The third-order valence-electron chi connectivity index (χ3n) is 7.94. The van der Waals surface area contributed by atoms with E-state index in [9.17, 15) is 23.1 Å². The predicted molar refractivity (Wildman–Crippen MR) is 150 cm³/mol. The fraction of sp³-hybridized carbons (Fsp3) is 0.467. The molecule has 5 rings (SSSR count). The second kappa shape index (κ2) is 12.5. The van der Waals surface area contributed by atoms with Crippen LogP contribution in [0.15, 0.2) is 58.2 Å². The topological polar surface area (TPSA) is 110 Å². The monoisotopic (exact) mass is 584 g/mol. The number of benzene rings is 2. The highest BCUT2D eigenvalue weighted by Crippen LogP contribution is 2.36. The fourth-order valence-corrected chi connectivity index (χ4v) is 6.00. The number of alkyl halides is 3. The summed E-state index contributed by atoms with van der Waals surface area (Å²) in [5, 5.41) is 22.0. The van der Waals surface area contributed by atoms with E-state index in [-0.39, 0.29) is 23.3 Å². The van der Waals surface area contributed by atoms with Crippen LogP contribution >= 0.6 is 0 Å². The van der Waals surface area contributed by atoms with E-state index in [1.807, 2.05) is 24.3 Å². The molecule has 2 amide bonds. The van der Waals surface area contributed by atoms with Gasteiger partial charge in [-0.25, -0.2) is 4.79 Å². The summed E-state index contributed by atoms with van der Waals surface area (Å²) in [6, 6.07) is 9.73. The summed E-state index contributed by atoms with van der Waals surface area (Å²) in [6.45, 7) is 1.04. The number of urea groups is 1. The average Bonchev–Trinajstić information content (AvgIpc) is 3.40. The van der Waals surface area contributed by atoms with E-state index in [1.165, 1.54) is 6.07 Å². The molecule has 9 nitrogen and oxygen atoms in total. The van der Waals surface area contributed by atoms with Crippen LogP contribution in [0.2, 0.25) is 0 Å². The van der Waals surface area contributed by atoms with Crippen molar-refractivity contribution >= 4 is 29.2 Å². The standard InChI is InChI=1S/C30H35F3N6O3/c1-38(2)17-19-10-12-24(13-11-19)39-18-27(42-37-39)36-29(41)35-23-15-21(30(31,32)33)14-22(16-23)34-28(40)26-9-5-7-20-6-3-4-8-25(20)26/h3-4,6,8,14-16,18-19,24,26H,5,7,9-13,17H2,1-2H3,(H2-,34,35,36,37,40,41). The highest BCUT2D eigenvalue weighted by atomic mass is 19.4. The Balaban J connectivity index is 1.27. The van der Waals surface area contributed by atoms with Crippen molar-refractivity contribution in [1.82, 2.24) is 10.2 Å². The zero-order valence-corrected chi connectivity index (χ0v) is 23.7. The maximum absolute atomic E-state index is 13.7. The van der Waals surface area contributed by atoms with Crippen LogP contribution in [0.1, 0.15) is 67.2 Å². The zero-order valence-electron chi connectivity index (χ0n) is 23.7. The van der Waals surface area contributed by atoms with Gasteiger partial charge in [-0.15, -0.1) is 0 Å². The van der Waals surface area contributed by atoms with Crippen LogP contribution in [0.3, 0.4) is 0 Å². The van der Waals surface area contributed by atoms with Crippen molar-refractivity contribution < 1.29 is 32.3 Å². The van der Waals surface area contributed by atoms with Crippen molar-refractivity contribution in [1.29, 1.82) is 0 Å². The normalized spacial score (nSPS) is 21.2. The SMILES string of the molecule is CN(C)CC1CCC([n+]2cc(NC(=O)Nc3cc(N=C([O-])C4CCCc5ccccc54)cc(C(F)(F)F)c3)on2)CC1. The van der Waals surface area contributed by atoms with Gasteiger partial charge in [0.2, 0.25) is 5.27 Å². The number of hydrogen-bond donors (Lipinski definition) is 2. The van der Waals surface area contributed by atoms with Gasteiger partial charge < -0.3 is 15.3 Å². The first-order valence-corrected chi connectivity index (χ1v) is 14.2. The third-order valence-corrected chi connectivity index (χ3v) is 7.94. The molecule has 1 saturated carbocycles. The van der Waals surface area contributed by atoms with Crippen molar-refractivity contribution in [2.24, 2.45) is 10.9 Å². The molecule has 0 spiro atoms. The van der Waals surface area contributed by atoms with E-state index in [0.29, 0.717) is 12.3 Å². The minimum Gasteiger partial charge on any atom is -0.861 e. The Morgan fingerprint density at radius 1 is 1.12 bits per heavy atom. The zero-order chi connectivity index (χ0) is 29.9. The first-order chi connectivity index (χ1) is 20.0. The van der Waals surface area contributed by atoms with Crippen molar-refractivity contribution in [3.63, 3.8) is 0 Å². The van der Waals surface area contributed by atoms with Crippen molar-refractivity contribution in [3.05, 3.63) is 65.4 Å². The van der Waals surface area contributed by atoms with Gasteiger partial charge in [0, 0.05) is 31.0 Å². The van der Waals surface area contributed by atoms with Crippen molar-refractivity contribution in [2.75, 3.05) is 31.3 Å².